The van der Waals surface area contributed by atoms with E-state index in [1.54, 1.807) is 18.2 Å². The SMILES string of the molecule is Nc1cc2oc(=O)c3cc(OC4CCOCC4)ccc3c2cc1Cl. The number of hydrogen-bond donors (Lipinski definition) is 1. The first kappa shape index (κ1) is 15.3. The molecule has 1 fully saturated rings. The molecule has 5 nitrogen and oxygen atoms in total. The fourth-order valence-corrected chi connectivity index (χ4v) is 3.17. The fourth-order valence-electron chi connectivity index (χ4n) is 3.01. The topological polar surface area (TPSA) is 74.7 Å². The molecule has 1 aromatic heterocycles. The summed E-state index contributed by atoms with van der Waals surface area (Å²) in [7, 11) is 0. The first-order valence-electron chi connectivity index (χ1n) is 7.82. The van der Waals surface area contributed by atoms with E-state index in [1.807, 2.05) is 12.1 Å². The van der Waals surface area contributed by atoms with Crippen molar-refractivity contribution in [3.63, 3.8) is 0 Å². The number of rotatable bonds is 2. The van der Waals surface area contributed by atoms with Crippen LogP contribution in [0.15, 0.2) is 39.5 Å². The summed E-state index contributed by atoms with van der Waals surface area (Å²) in [5, 5.41) is 2.41. The van der Waals surface area contributed by atoms with Crippen LogP contribution in [-0.2, 0) is 4.74 Å². The molecule has 1 aliphatic heterocycles. The summed E-state index contributed by atoms with van der Waals surface area (Å²) in [5.74, 6) is 0.655. The van der Waals surface area contributed by atoms with Gasteiger partial charge in [-0.3, -0.25) is 0 Å². The highest BCUT2D eigenvalue weighted by Crippen LogP contribution is 2.31. The third kappa shape index (κ3) is 2.70. The molecule has 4 rings (SSSR count). The van der Waals surface area contributed by atoms with Gasteiger partial charge < -0.3 is 19.6 Å². The van der Waals surface area contributed by atoms with Crippen LogP contribution in [-0.4, -0.2) is 19.3 Å². The monoisotopic (exact) mass is 345 g/mol. The number of nitrogen functional groups attached to an aromatic ring is 1. The van der Waals surface area contributed by atoms with E-state index < -0.39 is 5.63 Å². The molecule has 0 amide bonds. The van der Waals surface area contributed by atoms with E-state index in [0.717, 1.165) is 23.6 Å². The Kier molecular flexibility index (Phi) is 3.82. The van der Waals surface area contributed by atoms with Crippen molar-refractivity contribution in [1.29, 1.82) is 0 Å². The summed E-state index contributed by atoms with van der Waals surface area (Å²) in [5.41, 5.74) is 6.17. The van der Waals surface area contributed by atoms with E-state index in [1.165, 1.54) is 0 Å². The normalized spacial score (nSPS) is 15.9. The third-order valence-corrected chi connectivity index (χ3v) is 4.60. The highest BCUT2D eigenvalue weighted by Gasteiger charge is 2.16. The smallest absolute Gasteiger partial charge is 0.344 e. The number of fused-ring (bicyclic) bond motifs is 3. The van der Waals surface area contributed by atoms with Gasteiger partial charge in [-0.15, -0.1) is 0 Å². The number of ether oxygens (including phenoxy) is 2. The van der Waals surface area contributed by atoms with Gasteiger partial charge in [0, 0.05) is 29.7 Å². The number of benzene rings is 2. The van der Waals surface area contributed by atoms with Crippen molar-refractivity contribution in [3.8, 4) is 5.75 Å². The zero-order chi connectivity index (χ0) is 16.7. The van der Waals surface area contributed by atoms with Crippen LogP contribution in [0.5, 0.6) is 5.75 Å². The van der Waals surface area contributed by atoms with E-state index in [4.69, 9.17) is 31.2 Å². The molecular formula is C18H16ClNO4. The zero-order valence-electron chi connectivity index (χ0n) is 12.9. The molecule has 3 aromatic rings. The number of anilines is 1. The Balaban J connectivity index is 1.81. The van der Waals surface area contributed by atoms with Gasteiger partial charge in [0.25, 0.3) is 0 Å². The molecule has 0 unspecified atom stereocenters. The second-order valence-electron chi connectivity index (χ2n) is 5.90. The highest BCUT2D eigenvalue weighted by molar-refractivity contribution is 6.34. The van der Waals surface area contributed by atoms with Gasteiger partial charge in [-0.25, -0.2) is 4.79 Å². The lowest BCUT2D eigenvalue weighted by molar-refractivity contribution is 0.0256. The van der Waals surface area contributed by atoms with Crippen LogP contribution in [0.2, 0.25) is 5.02 Å². The van der Waals surface area contributed by atoms with Crippen molar-refractivity contribution in [2.75, 3.05) is 18.9 Å². The fraction of sp³-hybridized carbons (Fsp3) is 0.278. The Bertz CT molecular complexity index is 976. The van der Waals surface area contributed by atoms with Crippen molar-refractivity contribution in [1.82, 2.24) is 0 Å². The van der Waals surface area contributed by atoms with E-state index in [-0.39, 0.29) is 6.10 Å². The van der Waals surface area contributed by atoms with Crippen molar-refractivity contribution in [3.05, 3.63) is 45.8 Å². The summed E-state index contributed by atoms with van der Waals surface area (Å²) in [4.78, 5) is 12.3. The maximum absolute atomic E-state index is 12.3. The van der Waals surface area contributed by atoms with Crippen molar-refractivity contribution in [2.24, 2.45) is 0 Å². The lowest BCUT2D eigenvalue weighted by atomic mass is 10.1. The largest absolute Gasteiger partial charge is 0.490 e. The van der Waals surface area contributed by atoms with Gasteiger partial charge in [-0.1, -0.05) is 11.6 Å². The second-order valence-corrected chi connectivity index (χ2v) is 6.30. The lowest BCUT2D eigenvalue weighted by Gasteiger charge is -2.23. The van der Waals surface area contributed by atoms with Crippen LogP contribution in [0.1, 0.15) is 12.8 Å². The Labute approximate surface area is 142 Å². The molecule has 1 aliphatic rings. The van der Waals surface area contributed by atoms with Crippen LogP contribution >= 0.6 is 11.6 Å². The molecule has 124 valence electrons. The van der Waals surface area contributed by atoms with Crippen molar-refractivity contribution in [2.45, 2.75) is 18.9 Å². The maximum Gasteiger partial charge on any atom is 0.344 e. The van der Waals surface area contributed by atoms with Crippen LogP contribution < -0.4 is 16.1 Å². The quantitative estimate of drug-likeness (QED) is 0.435. The average molecular weight is 346 g/mol. The first-order chi connectivity index (χ1) is 11.6. The number of nitrogens with two attached hydrogens (primary N) is 1. The Hall–Kier alpha value is -2.24. The predicted molar refractivity (Wildman–Crippen MR) is 93.9 cm³/mol. The minimum absolute atomic E-state index is 0.109. The molecule has 0 bridgehead atoms. The summed E-state index contributed by atoms with van der Waals surface area (Å²) in [6.07, 6.45) is 1.80. The molecule has 0 aliphatic carbocycles. The number of halogens is 1. The van der Waals surface area contributed by atoms with Gasteiger partial charge in [0.15, 0.2) is 0 Å². The molecule has 2 aromatic carbocycles. The van der Waals surface area contributed by atoms with Crippen LogP contribution in [0.4, 0.5) is 5.69 Å². The van der Waals surface area contributed by atoms with E-state index in [2.05, 4.69) is 0 Å². The zero-order valence-corrected chi connectivity index (χ0v) is 13.6. The minimum atomic E-state index is -0.420. The highest BCUT2D eigenvalue weighted by atomic mass is 35.5. The van der Waals surface area contributed by atoms with E-state index in [9.17, 15) is 4.79 Å². The molecule has 0 saturated carbocycles. The van der Waals surface area contributed by atoms with E-state index >= 15 is 0 Å². The Morgan fingerprint density at radius 3 is 2.67 bits per heavy atom. The van der Waals surface area contributed by atoms with E-state index in [0.29, 0.717) is 40.6 Å². The molecule has 0 radical (unpaired) electrons. The van der Waals surface area contributed by atoms with Gasteiger partial charge in [0.05, 0.1) is 29.3 Å². The van der Waals surface area contributed by atoms with Gasteiger partial charge in [-0.05, 0) is 24.3 Å². The summed E-state index contributed by atoms with van der Waals surface area (Å²) < 4.78 is 16.7. The van der Waals surface area contributed by atoms with Gasteiger partial charge in [-0.2, -0.15) is 0 Å². The predicted octanol–water partition coefficient (Wildman–Crippen LogP) is 3.74. The molecule has 2 heterocycles. The molecular weight excluding hydrogens is 330 g/mol. The molecule has 0 spiro atoms. The first-order valence-corrected chi connectivity index (χ1v) is 8.19. The Morgan fingerprint density at radius 2 is 1.88 bits per heavy atom. The van der Waals surface area contributed by atoms with Crippen LogP contribution in [0, 0.1) is 0 Å². The summed E-state index contributed by atoms with van der Waals surface area (Å²) in [6, 6.07) is 8.73. The molecule has 6 heteroatoms. The van der Waals surface area contributed by atoms with Crippen molar-refractivity contribution >= 4 is 39.0 Å². The molecule has 1 saturated heterocycles. The number of hydrogen-bond acceptors (Lipinski definition) is 5. The van der Waals surface area contributed by atoms with Gasteiger partial charge in [0.2, 0.25) is 0 Å². The standard InChI is InChI=1S/C18H16ClNO4/c19-15-8-13-12-2-1-11(23-10-3-5-22-6-4-10)7-14(12)18(21)24-17(13)9-16(15)20/h1-2,7-10H,3-6,20H2. The minimum Gasteiger partial charge on any atom is -0.490 e. The third-order valence-electron chi connectivity index (χ3n) is 4.27. The Morgan fingerprint density at radius 1 is 1.08 bits per heavy atom. The van der Waals surface area contributed by atoms with Crippen LogP contribution in [0.3, 0.4) is 0 Å². The average Bonchev–Trinajstić information content (AvgIpc) is 2.58. The molecule has 0 atom stereocenters. The molecule has 24 heavy (non-hydrogen) atoms. The van der Waals surface area contributed by atoms with Gasteiger partial charge >= 0.3 is 5.63 Å². The maximum atomic E-state index is 12.3. The molecule has 2 N–H and O–H groups in total. The summed E-state index contributed by atoms with van der Waals surface area (Å²) >= 11 is 6.11. The second kappa shape index (κ2) is 6.00. The lowest BCUT2D eigenvalue weighted by Crippen LogP contribution is -2.25. The van der Waals surface area contributed by atoms with Crippen LogP contribution in [0.25, 0.3) is 21.7 Å². The summed E-state index contributed by atoms with van der Waals surface area (Å²) in [6.45, 7) is 1.40. The van der Waals surface area contributed by atoms with Gasteiger partial charge in [0.1, 0.15) is 17.4 Å². The van der Waals surface area contributed by atoms with Crippen molar-refractivity contribution < 1.29 is 13.9 Å².